The third kappa shape index (κ3) is 4.30. The van der Waals surface area contributed by atoms with Gasteiger partial charge in [0.2, 0.25) is 0 Å². The van der Waals surface area contributed by atoms with Gasteiger partial charge >= 0.3 is 5.97 Å². The fraction of sp³-hybridized carbons (Fsp3) is 0.929. The van der Waals surface area contributed by atoms with Crippen LogP contribution in [0.25, 0.3) is 0 Å². The van der Waals surface area contributed by atoms with Crippen molar-refractivity contribution >= 4 is 5.97 Å². The Morgan fingerprint density at radius 2 is 2.06 bits per heavy atom. The van der Waals surface area contributed by atoms with Crippen molar-refractivity contribution in [2.45, 2.75) is 71.9 Å². The van der Waals surface area contributed by atoms with Gasteiger partial charge < -0.3 is 10.5 Å². The lowest BCUT2D eigenvalue weighted by Crippen LogP contribution is -2.45. The zero-order valence-corrected chi connectivity index (χ0v) is 11.7. The van der Waals surface area contributed by atoms with Crippen molar-refractivity contribution in [1.29, 1.82) is 0 Å². The lowest BCUT2D eigenvalue weighted by Gasteiger charge is -2.31. The Labute approximate surface area is 105 Å². The SMILES string of the molecule is CCC1CCCC(OC(=O)[C@H](N)C(C)(C)C)C1. The molecule has 3 nitrogen and oxygen atoms in total. The van der Waals surface area contributed by atoms with E-state index in [4.69, 9.17) is 10.5 Å². The molecular weight excluding hydrogens is 214 g/mol. The molecule has 2 unspecified atom stereocenters. The molecule has 0 amide bonds. The zero-order chi connectivity index (χ0) is 13.1. The first-order valence-corrected chi connectivity index (χ1v) is 6.80. The molecule has 1 saturated carbocycles. The van der Waals surface area contributed by atoms with E-state index in [9.17, 15) is 4.79 Å². The molecule has 100 valence electrons. The topological polar surface area (TPSA) is 52.3 Å². The van der Waals surface area contributed by atoms with Gasteiger partial charge in [-0.15, -0.1) is 0 Å². The van der Waals surface area contributed by atoms with Crippen LogP contribution in [0.1, 0.15) is 59.8 Å². The minimum Gasteiger partial charge on any atom is -0.461 e. The number of nitrogens with two attached hydrogens (primary N) is 1. The van der Waals surface area contributed by atoms with E-state index in [-0.39, 0.29) is 17.5 Å². The monoisotopic (exact) mass is 241 g/mol. The predicted molar refractivity (Wildman–Crippen MR) is 69.6 cm³/mol. The lowest BCUT2D eigenvalue weighted by atomic mass is 9.85. The second-order valence-electron chi connectivity index (χ2n) is 6.34. The average molecular weight is 241 g/mol. The molecule has 0 aromatic carbocycles. The average Bonchev–Trinajstić information content (AvgIpc) is 2.27. The van der Waals surface area contributed by atoms with Gasteiger partial charge in [0.1, 0.15) is 12.1 Å². The van der Waals surface area contributed by atoms with Crippen LogP contribution in [0, 0.1) is 11.3 Å². The van der Waals surface area contributed by atoms with Gasteiger partial charge in [0.25, 0.3) is 0 Å². The van der Waals surface area contributed by atoms with E-state index in [1.54, 1.807) is 0 Å². The van der Waals surface area contributed by atoms with Crippen molar-refractivity contribution in [3.8, 4) is 0 Å². The summed E-state index contributed by atoms with van der Waals surface area (Å²) >= 11 is 0. The molecule has 0 aromatic heterocycles. The Morgan fingerprint density at radius 3 is 2.59 bits per heavy atom. The van der Waals surface area contributed by atoms with E-state index in [1.807, 2.05) is 20.8 Å². The van der Waals surface area contributed by atoms with Gasteiger partial charge in [-0.2, -0.15) is 0 Å². The van der Waals surface area contributed by atoms with Gasteiger partial charge in [-0.3, -0.25) is 4.79 Å². The molecule has 1 aliphatic carbocycles. The highest BCUT2D eigenvalue weighted by molar-refractivity contribution is 5.76. The molecule has 2 N–H and O–H groups in total. The maximum absolute atomic E-state index is 11.9. The van der Waals surface area contributed by atoms with Crippen LogP contribution in [0.5, 0.6) is 0 Å². The van der Waals surface area contributed by atoms with E-state index in [0.717, 1.165) is 12.8 Å². The fourth-order valence-corrected chi connectivity index (χ4v) is 2.31. The summed E-state index contributed by atoms with van der Waals surface area (Å²) in [5, 5.41) is 0. The Balaban J connectivity index is 2.46. The number of esters is 1. The number of rotatable bonds is 3. The van der Waals surface area contributed by atoms with Crippen LogP contribution >= 0.6 is 0 Å². The summed E-state index contributed by atoms with van der Waals surface area (Å²) in [6.07, 6.45) is 5.73. The third-order valence-electron chi connectivity index (χ3n) is 3.78. The standard InChI is InChI=1S/C14H27NO2/c1-5-10-7-6-8-11(9-10)17-13(16)12(15)14(2,3)4/h10-12H,5-9,15H2,1-4H3/t10?,11?,12-/m0/s1. The summed E-state index contributed by atoms with van der Waals surface area (Å²) < 4.78 is 5.55. The molecule has 0 aliphatic heterocycles. The summed E-state index contributed by atoms with van der Waals surface area (Å²) in [6.45, 7) is 8.10. The highest BCUT2D eigenvalue weighted by atomic mass is 16.5. The predicted octanol–water partition coefficient (Wildman–Crippen LogP) is 2.87. The van der Waals surface area contributed by atoms with E-state index in [1.165, 1.54) is 19.3 Å². The van der Waals surface area contributed by atoms with Crippen LogP contribution < -0.4 is 5.73 Å². The minimum atomic E-state index is -0.524. The number of ether oxygens (including phenoxy) is 1. The molecule has 0 heterocycles. The molecule has 0 spiro atoms. The van der Waals surface area contributed by atoms with Crippen LogP contribution in [0.3, 0.4) is 0 Å². The van der Waals surface area contributed by atoms with Crippen LogP contribution in [-0.4, -0.2) is 18.1 Å². The Bertz CT molecular complexity index is 257. The normalized spacial score (nSPS) is 27.6. The number of hydrogen-bond acceptors (Lipinski definition) is 3. The van der Waals surface area contributed by atoms with Crippen molar-refractivity contribution in [3.05, 3.63) is 0 Å². The summed E-state index contributed by atoms with van der Waals surface area (Å²) in [6, 6.07) is -0.524. The zero-order valence-electron chi connectivity index (χ0n) is 11.7. The highest BCUT2D eigenvalue weighted by Gasteiger charge is 2.32. The molecule has 17 heavy (non-hydrogen) atoms. The third-order valence-corrected chi connectivity index (χ3v) is 3.78. The van der Waals surface area contributed by atoms with Gasteiger partial charge in [0.05, 0.1) is 0 Å². The first-order valence-electron chi connectivity index (χ1n) is 6.80. The van der Waals surface area contributed by atoms with Gasteiger partial charge in [0, 0.05) is 0 Å². The van der Waals surface area contributed by atoms with Crippen LogP contribution in [0.2, 0.25) is 0 Å². The number of carbonyl (C=O) groups excluding carboxylic acids is 1. The van der Waals surface area contributed by atoms with Crippen molar-refractivity contribution < 1.29 is 9.53 Å². The quantitative estimate of drug-likeness (QED) is 0.773. The van der Waals surface area contributed by atoms with Gasteiger partial charge in [-0.25, -0.2) is 0 Å². The molecule has 0 radical (unpaired) electrons. The van der Waals surface area contributed by atoms with Crippen molar-refractivity contribution in [1.82, 2.24) is 0 Å². The number of carbonyl (C=O) groups is 1. The van der Waals surface area contributed by atoms with Crippen LogP contribution in [-0.2, 0) is 9.53 Å². The Kier molecular flexibility index (Phi) is 4.99. The molecule has 0 aromatic rings. The second kappa shape index (κ2) is 5.85. The molecule has 0 bridgehead atoms. The highest BCUT2D eigenvalue weighted by Crippen LogP contribution is 2.29. The molecule has 3 atom stereocenters. The molecule has 1 aliphatic rings. The van der Waals surface area contributed by atoms with Crippen molar-refractivity contribution in [3.63, 3.8) is 0 Å². The maximum Gasteiger partial charge on any atom is 0.323 e. The van der Waals surface area contributed by atoms with Gasteiger partial charge in [-0.05, 0) is 30.6 Å². The first-order chi connectivity index (χ1) is 7.84. The molecule has 0 saturated heterocycles. The maximum atomic E-state index is 11.9. The van der Waals surface area contributed by atoms with E-state index in [2.05, 4.69) is 6.92 Å². The van der Waals surface area contributed by atoms with Crippen molar-refractivity contribution in [2.75, 3.05) is 0 Å². The summed E-state index contributed by atoms with van der Waals surface area (Å²) in [7, 11) is 0. The summed E-state index contributed by atoms with van der Waals surface area (Å²) in [5.74, 6) is 0.478. The molecule has 1 rings (SSSR count). The summed E-state index contributed by atoms with van der Waals surface area (Å²) in [5.41, 5.74) is 5.68. The summed E-state index contributed by atoms with van der Waals surface area (Å²) in [4.78, 5) is 11.9. The van der Waals surface area contributed by atoms with Crippen molar-refractivity contribution in [2.24, 2.45) is 17.1 Å². The smallest absolute Gasteiger partial charge is 0.323 e. The number of hydrogen-bond donors (Lipinski definition) is 1. The largest absolute Gasteiger partial charge is 0.461 e. The molecule has 1 fully saturated rings. The van der Waals surface area contributed by atoms with E-state index in [0.29, 0.717) is 5.92 Å². The Hall–Kier alpha value is -0.570. The lowest BCUT2D eigenvalue weighted by molar-refractivity contribution is -0.155. The Morgan fingerprint density at radius 1 is 1.41 bits per heavy atom. The van der Waals surface area contributed by atoms with E-state index < -0.39 is 6.04 Å². The molecule has 3 heteroatoms. The van der Waals surface area contributed by atoms with Gasteiger partial charge in [-0.1, -0.05) is 40.5 Å². The first kappa shape index (κ1) is 14.5. The van der Waals surface area contributed by atoms with E-state index >= 15 is 0 Å². The second-order valence-corrected chi connectivity index (χ2v) is 6.34. The van der Waals surface area contributed by atoms with Gasteiger partial charge in [0.15, 0.2) is 0 Å². The van der Waals surface area contributed by atoms with Crippen LogP contribution in [0.4, 0.5) is 0 Å². The van der Waals surface area contributed by atoms with Crippen LogP contribution in [0.15, 0.2) is 0 Å². The fourth-order valence-electron chi connectivity index (χ4n) is 2.31. The molecular formula is C14H27NO2. The minimum absolute atomic E-state index is 0.0922.